The molecule has 0 spiro atoms. The van der Waals surface area contributed by atoms with Gasteiger partial charge in [-0.1, -0.05) is 18.8 Å². The quantitative estimate of drug-likeness (QED) is 0.545. The molecule has 0 N–H and O–H groups in total. The third-order valence-corrected chi connectivity index (χ3v) is 3.63. The zero-order valence-corrected chi connectivity index (χ0v) is 13.3. The number of ether oxygens (including phenoxy) is 3. The summed E-state index contributed by atoms with van der Waals surface area (Å²) in [6.07, 6.45) is 1.89. The zero-order chi connectivity index (χ0) is 15.9. The van der Waals surface area contributed by atoms with Gasteiger partial charge in [0.2, 0.25) is 0 Å². The average molecular weight is 290 g/mol. The molecule has 1 aromatic carbocycles. The molecular weight excluding hydrogens is 267 g/mol. The van der Waals surface area contributed by atoms with Gasteiger partial charge in [0.05, 0.1) is 34.1 Å². The molecule has 0 amide bonds. The molecule has 114 valence electrons. The van der Waals surface area contributed by atoms with Crippen LogP contribution in [0.2, 0.25) is 6.32 Å². The van der Waals surface area contributed by atoms with E-state index in [2.05, 4.69) is 0 Å². The van der Waals surface area contributed by atoms with Crippen molar-refractivity contribution in [2.45, 2.75) is 38.4 Å². The Morgan fingerprint density at radius 3 is 2.43 bits per heavy atom. The van der Waals surface area contributed by atoms with Crippen LogP contribution in [0.4, 0.5) is 0 Å². The lowest BCUT2D eigenvalue weighted by molar-refractivity contribution is -0.149. The number of hydrogen-bond acceptors (Lipinski definition) is 4. The van der Waals surface area contributed by atoms with E-state index in [0.29, 0.717) is 30.8 Å². The lowest BCUT2D eigenvalue weighted by Crippen LogP contribution is -2.34. The smallest absolute Gasteiger partial charge is 0.316 e. The second-order valence-corrected chi connectivity index (χ2v) is 5.01. The van der Waals surface area contributed by atoms with Crippen molar-refractivity contribution in [3.05, 3.63) is 23.8 Å². The lowest BCUT2D eigenvalue weighted by atomic mass is 9.77. The lowest BCUT2D eigenvalue weighted by Gasteiger charge is -2.28. The molecule has 5 heteroatoms. The summed E-state index contributed by atoms with van der Waals surface area (Å²) in [5.41, 5.74) is 0.0987. The summed E-state index contributed by atoms with van der Waals surface area (Å²) in [7, 11) is 8.75. The second kappa shape index (κ2) is 7.96. The van der Waals surface area contributed by atoms with Gasteiger partial charge in [0.1, 0.15) is 0 Å². The van der Waals surface area contributed by atoms with E-state index in [0.717, 1.165) is 12.0 Å². The maximum absolute atomic E-state index is 12.4. The van der Waals surface area contributed by atoms with Crippen LogP contribution in [0.15, 0.2) is 18.2 Å². The van der Waals surface area contributed by atoms with Crippen molar-refractivity contribution in [2.75, 3.05) is 20.8 Å². The Balaban J connectivity index is 3.22. The minimum atomic E-state index is -0.741. The van der Waals surface area contributed by atoms with Gasteiger partial charge in [-0.3, -0.25) is 4.79 Å². The minimum Gasteiger partial charge on any atom is -0.493 e. The van der Waals surface area contributed by atoms with Crippen molar-refractivity contribution in [1.82, 2.24) is 0 Å². The normalized spacial score (nSPS) is 13.3. The Morgan fingerprint density at radius 2 is 1.90 bits per heavy atom. The minimum absolute atomic E-state index is 0.245. The zero-order valence-electron chi connectivity index (χ0n) is 13.3. The first-order chi connectivity index (χ1) is 10.0. The summed E-state index contributed by atoms with van der Waals surface area (Å²) in [5, 5.41) is 0. The third-order valence-electron chi connectivity index (χ3n) is 3.63. The molecule has 1 rings (SSSR count). The molecule has 2 radical (unpaired) electrons. The van der Waals surface area contributed by atoms with Crippen molar-refractivity contribution in [3.63, 3.8) is 0 Å². The molecule has 1 atom stereocenters. The first kappa shape index (κ1) is 17.4. The Labute approximate surface area is 128 Å². The monoisotopic (exact) mass is 290 g/mol. The maximum Gasteiger partial charge on any atom is 0.316 e. The van der Waals surface area contributed by atoms with Crippen LogP contribution in [0.25, 0.3) is 0 Å². The van der Waals surface area contributed by atoms with Crippen LogP contribution in [0, 0.1) is 0 Å². The summed E-state index contributed by atoms with van der Waals surface area (Å²) in [6.45, 7) is 4.03. The van der Waals surface area contributed by atoms with E-state index in [-0.39, 0.29) is 5.97 Å². The van der Waals surface area contributed by atoms with Crippen LogP contribution in [0.1, 0.15) is 32.3 Å². The third kappa shape index (κ3) is 3.93. The highest BCUT2D eigenvalue weighted by atomic mass is 16.5. The molecule has 0 saturated heterocycles. The summed E-state index contributed by atoms with van der Waals surface area (Å²) in [4.78, 5) is 12.4. The number of carbonyl (C=O) groups excluding carboxylic acids is 1. The fourth-order valence-corrected chi connectivity index (χ4v) is 2.29. The average Bonchev–Trinajstić information content (AvgIpc) is 2.51. The van der Waals surface area contributed by atoms with Crippen LogP contribution >= 0.6 is 0 Å². The predicted molar refractivity (Wildman–Crippen MR) is 83.3 cm³/mol. The van der Waals surface area contributed by atoms with Gasteiger partial charge in [-0.15, -0.1) is 0 Å². The summed E-state index contributed by atoms with van der Waals surface area (Å²) in [6, 6.07) is 5.50. The van der Waals surface area contributed by atoms with E-state index in [9.17, 15) is 4.79 Å². The molecule has 4 nitrogen and oxygen atoms in total. The Bertz CT molecular complexity index is 475. The summed E-state index contributed by atoms with van der Waals surface area (Å²) >= 11 is 0. The molecule has 1 aromatic rings. The fraction of sp³-hybridized carbons (Fsp3) is 0.562. The number of carbonyl (C=O) groups is 1. The van der Waals surface area contributed by atoms with E-state index in [1.165, 1.54) is 0 Å². The van der Waals surface area contributed by atoms with E-state index >= 15 is 0 Å². The largest absolute Gasteiger partial charge is 0.493 e. The molecule has 0 saturated carbocycles. The van der Waals surface area contributed by atoms with Gasteiger partial charge in [-0.25, -0.2) is 0 Å². The Hall–Kier alpha value is -1.65. The SMILES string of the molecule is [B]CCCC(C)(C(=O)OCC)c1ccc(OC)c(OC)c1. The van der Waals surface area contributed by atoms with E-state index < -0.39 is 5.41 Å². The number of hydrogen-bond donors (Lipinski definition) is 0. The Morgan fingerprint density at radius 1 is 1.24 bits per heavy atom. The van der Waals surface area contributed by atoms with Crippen LogP contribution in [-0.2, 0) is 14.9 Å². The molecule has 0 aliphatic heterocycles. The van der Waals surface area contributed by atoms with Crippen LogP contribution in [0.5, 0.6) is 11.5 Å². The first-order valence-corrected chi connectivity index (χ1v) is 7.13. The summed E-state index contributed by atoms with van der Waals surface area (Å²) in [5.74, 6) is 0.982. The van der Waals surface area contributed by atoms with Crippen molar-refractivity contribution >= 4 is 13.8 Å². The van der Waals surface area contributed by atoms with Crippen molar-refractivity contribution in [2.24, 2.45) is 0 Å². The van der Waals surface area contributed by atoms with Gasteiger partial charge in [-0.2, -0.15) is 0 Å². The summed E-state index contributed by atoms with van der Waals surface area (Å²) < 4.78 is 15.8. The van der Waals surface area contributed by atoms with Gasteiger partial charge in [-0.05, 0) is 38.0 Å². The number of rotatable bonds is 8. The highest BCUT2D eigenvalue weighted by molar-refractivity contribution is 6.08. The van der Waals surface area contributed by atoms with Crippen molar-refractivity contribution in [3.8, 4) is 11.5 Å². The van der Waals surface area contributed by atoms with Gasteiger partial charge in [0.25, 0.3) is 0 Å². The van der Waals surface area contributed by atoms with Gasteiger partial charge in [0.15, 0.2) is 11.5 Å². The molecule has 0 aliphatic rings. The predicted octanol–water partition coefficient (Wildman–Crippen LogP) is 2.89. The van der Waals surface area contributed by atoms with Gasteiger partial charge in [0, 0.05) is 0 Å². The molecule has 21 heavy (non-hydrogen) atoms. The van der Waals surface area contributed by atoms with Crippen molar-refractivity contribution < 1.29 is 19.0 Å². The van der Waals surface area contributed by atoms with Gasteiger partial charge >= 0.3 is 5.97 Å². The van der Waals surface area contributed by atoms with Gasteiger partial charge < -0.3 is 14.2 Å². The topological polar surface area (TPSA) is 44.8 Å². The molecule has 0 bridgehead atoms. The fourth-order valence-electron chi connectivity index (χ4n) is 2.29. The van der Waals surface area contributed by atoms with E-state index in [1.807, 2.05) is 19.1 Å². The molecule has 1 unspecified atom stereocenters. The Kier molecular flexibility index (Phi) is 6.60. The molecular formula is C16H23BO4. The highest BCUT2D eigenvalue weighted by Gasteiger charge is 2.36. The maximum atomic E-state index is 12.4. The van der Waals surface area contributed by atoms with Crippen molar-refractivity contribution in [1.29, 1.82) is 0 Å². The number of esters is 1. The second-order valence-electron chi connectivity index (χ2n) is 5.01. The first-order valence-electron chi connectivity index (χ1n) is 7.13. The van der Waals surface area contributed by atoms with E-state index in [1.54, 1.807) is 27.2 Å². The van der Waals surface area contributed by atoms with Crippen LogP contribution in [-0.4, -0.2) is 34.6 Å². The highest BCUT2D eigenvalue weighted by Crippen LogP contribution is 2.37. The van der Waals surface area contributed by atoms with Crippen LogP contribution in [0.3, 0.4) is 0 Å². The van der Waals surface area contributed by atoms with E-state index in [4.69, 9.17) is 22.1 Å². The number of methoxy groups -OCH3 is 2. The standard InChI is InChI=1S/C16H23BO4/c1-5-21-15(18)16(2,9-6-10-17)12-7-8-13(19-3)14(11-12)20-4/h7-8,11H,5-6,9-10H2,1-4H3. The molecule has 0 aromatic heterocycles. The molecule has 0 heterocycles. The molecule has 0 aliphatic carbocycles. The number of benzene rings is 1. The van der Waals surface area contributed by atoms with Crippen LogP contribution < -0.4 is 9.47 Å². The molecule has 0 fully saturated rings.